The quantitative estimate of drug-likeness (QED) is 0.680. The Balaban J connectivity index is 2.36. The molecular formula is C11H6ClN3O5. The third-order valence-electron chi connectivity index (χ3n) is 2.20. The molecule has 0 unspecified atom stereocenters. The molecule has 1 N–H and O–H groups in total. The Hall–Kier alpha value is -2.74. The number of nitro groups is 1. The summed E-state index contributed by atoms with van der Waals surface area (Å²) in [5, 5.41) is 19.7. The molecule has 1 aromatic carbocycles. The van der Waals surface area contributed by atoms with Gasteiger partial charge in [0.1, 0.15) is 11.3 Å². The van der Waals surface area contributed by atoms with Crippen molar-refractivity contribution in [2.24, 2.45) is 0 Å². The predicted octanol–water partition coefficient (Wildman–Crippen LogP) is 2.53. The second-order valence-corrected chi connectivity index (χ2v) is 3.91. The molecule has 0 radical (unpaired) electrons. The SMILES string of the molecule is O=C(O)c1cc(Oc2cncc(Cl)n2)ccc1[N+](=O)[O-]. The van der Waals surface area contributed by atoms with Gasteiger partial charge < -0.3 is 9.84 Å². The lowest BCUT2D eigenvalue weighted by molar-refractivity contribution is -0.385. The van der Waals surface area contributed by atoms with E-state index in [4.69, 9.17) is 21.4 Å². The molecule has 1 heterocycles. The Morgan fingerprint density at radius 2 is 2.15 bits per heavy atom. The molecule has 0 amide bonds. The third kappa shape index (κ3) is 2.98. The summed E-state index contributed by atoms with van der Waals surface area (Å²) in [6, 6.07) is 3.33. The minimum atomic E-state index is -1.43. The smallest absolute Gasteiger partial charge is 0.342 e. The Morgan fingerprint density at radius 1 is 1.40 bits per heavy atom. The van der Waals surface area contributed by atoms with Crippen LogP contribution in [0.5, 0.6) is 11.6 Å². The first-order valence-corrected chi connectivity index (χ1v) is 5.52. The number of carboxylic acids is 1. The van der Waals surface area contributed by atoms with Gasteiger partial charge in [0.2, 0.25) is 5.88 Å². The summed E-state index contributed by atoms with van der Waals surface area (Å²) < 4.78 is 5.24. The number of carboxylic acid groups (broad SMARTS) is 1. The van der Waals surface area contributed by atoms with Crippen molar-refractivity contribution < 1.29 is 19.6 Å². The Morgan fingerprint density at radius 3 is 2.75 bits per heavy atom. The molecule has 102 valence electrons. The molecule has 0 aliphatic heterocycles. The van der Waals surface area contributed by atoms with Gasteiger partial charge >= 0.3 is 5.97 Å². The molecule has 2 aromatic rings. The number of hydrogen-bond donors (Lipinski definition) is 1. The van der Waals surface area contributed by atoms with Crippen LogP contribution in [0.2, 0.25) is 5.15 Å². The molecule has 0 bridgehead atoms. The second kappa shape index (κ2) is 5.49. The Kier molecular flexibility index (Phi) is 3.76. The topological polar surface area (TPSA) is 115 Å². The van der Waals surface area contributed by atoms with Crippen LogP contribution in [-0.4, -0.2) is 26.0 Å². The number of benzene rings is 1. The lowest BCUT2D eigenvalue weighted by atomic mass is 10.1. The van der Waals surface area contributed by atoms with E-state index in [9.17, 15) is 14.9 Å². The van der Waals surface area contributed by atoms with E-state index in [1.54, 1.807) is 0 Å². The highest BCUT2D eigenvalue weighted by Crippen LogP contribution is 2.27. The maximum atomic E-state index is 11.0. The van der Waals surface area contributed by atoms with Gasteiger partial charge in [0, 0.05) is 12.1 Å². The summed E-state index contributed by atoms with van der Waals surface area (Å²) in [5.41, 5.74) is -1.01. The van der Waals surface area contributed by atoms with Crippen LogP contribution in [0.25, 0.3) is 0 Å². The summed E-state index contributed by atoms with van der Waals surface area (Å²) in [4.78, 5) is 28.4. The van der Waals surface area contributed by atoms with Crippen LogP contribution >= 0.6 is 11.6 Å². The van der Waals surface area contributed by atoms with Crippen LogP contribution in [0.1, 0.15) is 10.4 Å². The van der Waals surface area contributed by atoms with Gasteiger partial charge in [-0.15, -0.1) is 0 Å². The fraction of sp³-hybridized carbons (Fsp3) is 0. The number of aromatic nitrogens is 2. The van der Waals surface area contributed by atoms with Gasteiger partial charge in [0.25, 0.3) is 5.69 Å². The van der Waals surface area contributed by atoms with Crippen LogP contribution in [0.15, 0.2) is 30.6 Å². The predicted molar refractivity (Wildman–Crippen MR) is 67.2 cm³/mol. The highest BCUT2D eigenvalue weighted by molar-refractivity contribution is 6.29. The van der Waals surface area contributed by atoms with Crippen molar-refractivity contribution in [3.8, 4) is 11.6 Å². The Labute approximate surface area is 116 Å². The molecule has 2 rings (SSSR count). The van der Waals surface area contributed by atoms with Crippen LogP contribution in [0.3, 0.4) is 0 Å². The second-order valence-electron chi connectivity index (χ2n) is 3.52. The zero-order valence-corrected chi connectivity index (χ0v) is 10.4. The van der Waals surface area contributed by atoms with Crippen molar-refractivity contribution in [2.75, 3.05) is 0 Å². The van der Waals surface area contributed by atoms with E-state index in [1.165, 1.54) is 18.5 Å². The van der Waals surface area contributed by atoms with Crippen LogP contribution in [-0.2, 0) is 0 Å². The maximum absolute atomic E-state index is 11.0. The number of carbonyl (C=O) groups is 1. The van der Waals surface area contributed by atoms with E-state index in [0.29, 0.717) is 0 Å². The molecule has 8 nitrogen and oxygen atoms in total. The minimum Gasteiger partial charge on any atom is -0.477 e. The largest absolute Gasteiger partial charge is 0.477 e. The average Bonchev–Trinajstić information content (AvgIpc) is 2.38. The molecule has 1 aromatic heterocycles. The molecule has 0 aliphatic rings. The van der Waals surface area contributed by atoms with E-state index in [1.807, 2.05) is 0 Å². The van der Waals surface area contributed by atoms with Crippen LogP contribution < -0.4 is 4.74 Å². The van der Waals surface area contributed by atoms with Gasteiger partial charge in [-0.25, -0.2) is 4.79 Å². The lowest BCUT2D eigenvalue weighted by Gasteiger charge is -2.05. The van der Waals surface area contributed by atoms with Crippen molar-refractivity contribution in [2.45, 2.75) is 0 Å². The van der Waals surface area contributed by atoms with E-state index < -0.39 is 22.1 Å². The number of nitro benzene ring substituents is 1. The molecule has 0 spiro atoms. The number of nitrogens with zero attached hydrogens (tertiary/aromatic N) is 3. The first-order chi connectivity index (χ1) is 9.47. The number of ether oxygens (including phenoxy) is 1. The third-order valence-corrected chi connectivity index (χ3v) is 2.38. The van der Waals surface area contributed by atoms with Crippen molar-refractivity contribution in [1.82, 2.24) is 9.97 Å². The molecule has 0 saturated heterocycles. The summed E-state index contributed by atoms with van der Waals surface area (Å²) in [5.74, 6) is -1.31. The molecule has 9 heteroatoms. The number of aromatic carboxylic acids is 1. The highest BCUT2D eigenvalue weighted by Gasteiger charge is 2.20. The van der Waals surface area contributed by atoms with Gasteiger partial charge in [0.15, 0.2) is 5.15 Å². The molecule has 0 atom stereocenters. The van der Waals surface area contributed by atoms with E-state index in [0.717, 1.165) is 12.1 Å². The maximum Gasteiger partial charge on any atom is 0.342 e. The highest BCUT2D eigenvalue weighted by atomic mass is 35.5. The first-order valence-electron chi connectivity index (χ1n) is 5.14. The number of rotatable bonds is 4. The van der Waals surface area contributed by atoms with Crippen molar-refractivity contribution >= 4 is 23.3 Å². The van der Waals surface area contributed by atoms with Crippen molar-refractivity contribution in [3.63, 3.8) is 0 Å². The summed E-state index contributed by atoms with van der Waals surface area (Å²) in [7, 11) is 0. The van der Waals surface area contributed by atoms with Gasteiger partial charge in [-0.2, -0.15) is 4.98 Å². The van der Waals surface area contributed by atoms with Gasteiger partial charge in [-0.3, -0.25) is 15.1 Å². The fourth-order valence-electron chi connectivity index (χ4n) is 1.40. The van der Waals surface area contributed by atoms with E-state index >= 15 is 0 Å². The van der Waals surface area contributed by atoms with Crippen LogP contribution in [0, 0.1) is 10.1 Å². The lowest BCUT2D eigenvalue weighted by Crippen LogP contribution is -2.03. The van der Waals surface area contributed by atoms with Crippen molar-refractivity contribution in [3.05, 3.63) is 51.4 Å². The minimum absolute atomic E-state index is 0.0442. The summed E-state index contributed by atoms with van der Waals surface area (Å²) in [6.45, 7) is 0. The summed E-state index contributed by atoms with van der Waals surface area (Å²) >= 11 is 5.62. The van der Waals surface area contributed by atoms with Gasteiger partial charge in [-0.05, 0) is 6.07 Å². The number of hydrogen-bond acceptors (Lipinski definition) is 6. The van der Waals surface area contributed by atoms with Crippen LogP contribution in [0.4, 0.5) is 5.69 Å². The van der Waals surface area contributed by atoms with Crippen molar-refractivity contribution in [1.29, 1.82) is 0 Å². The fourth-order valence-corrected chi connectivity index (χ4v) is 1.54. The molecular weight excluding hydrogens is 290 g/mol. The molecule has 0 aliphatic carbocycles. The number of halogens is 1. The molecule has 0 fully saturated rings. The van der Waals surface area contributed by atoms with E-state index in [-0.39, 0.29) is 16.8 Å². The first kappa shape index (κ1) is 13.7. The monoisotopic (exact) mass is 295 g/mol. The summed E-state index contributed by atoms with van der Waals surface area (Å²) in [6.07, 6.45) is 2.57. The zero-order valence-electron chi connectivity index (χ0n) is 9.69. The standard InChI is InChI=1S/C11H6ClN3O5/c12-9-4-13-5-10(14-9)20-6-1-2-8(15(18)19)7(3-6)11(16)17/h1-5H,(H,16,17). The van der Waals surface area contributed by atoms with Gasteiger partial charge in [0.05, 0.1) is 17.3 Å². The molecule has 0 saturated carbocycles. The van der Waals surface area contributed by atoms with Gasteiger partial charge in [-0.1, -0.05) is 11.6 Å². The zero-order chi connectivity index (χ0) is 14.7. The van der Waals surface area contributed by atoms with E-state index in [2.05, 4.69) is 9.97 Å². The molecule has 20 heavy (non-hydrogen) atoms. The average molecular weight is 296 g/mol. The normalized spacial score (nSPS) is 10.1. The Bertz CT molecular complexity index is 692.